The molecule has 0 aromatic heterocycles. The van der Waals surface area contributed by atoms with Crippen molar-refractivity contribution in [1.29, 1.82) is 0 Å². The zero-order valence-electron chi connectivity index (χ0n) is 7.61. The van der Waals surface area contributed by atoms with Crippen LogP contribution in [0, 0.1) is 5.92 Å². The van der Waals surface area contributed by atoms with Gasteiger partial charge < -0.3 is 0 Å². The first-order valence-electron chi connectivity index (χ1n) is 4.51. The third-order valence-electron chi connectivity index (χ3n) is 1.75. The van der Waals surface area contributed by atoms with E-state index < -0.39 is 0 Å². The van der Waals surface area contributed by atoms with Crippen LogP contribution in [-0.4, -0.2) is 6.61 Å². The van der Waals surface area contributed by atoms with Crippen LogP contribution in [0.25, 0.3) is 0 Å². The Balaban J connectivity index is 2.80. The van der Waals surface area contributed by atoms with E-state index in [1.54, 1.807) is 0 Å². The molecule has 1 nitrogen and oxygen atoms in total. The summed E-state index contributed by atoms with van der Waals surface area (Å²) >= 11 is 5.06. The lowest BCUT2D eigenvalue weighted by molar-refractivity contribution is 0.334. The number of hydrogen-bond donors (Lipinski definition) is 0. The van der Waals surface area contributed by atoms with Gasteiger partial charge in [-0.15, -0.1) is 0 Å². The summed E-state index contributed by atoms with van der Waals surface area (Å²) in [6, 6.07) is 0. The van der Waals surface area contributed by atoms with E-state index in [4.69, 9.17) is 11.9 Å². The monoisotopic (exact) mass is 178 g/mol. The zero-order valence-corrected chi connectivity index (χ0v) is 8.36. The summed E-state index contributed by atoms with van der Waals surface area (Å²) in [6.07, 6.45) is 6.36. The molecular weight excluding hydrogens is 160 g/mol. The van der Waals surface area contributed by atoms with E-state index >= 15 is 0 Å². The molecule has 0 N–H and O–H groups in total. The molecule has 0 aliphatic heterocycles. The van der Waals surface area contributed by atoms with Crippen molar-refractivity contribution in [2.45, 2.75) is 46.0 Å². The summed E-state index contributed by atoms with van der Waals surface area (Å²) in [6.45, 7) is 5.23. The van der Waals surface area contributed by atoms with E-state index in [2.05, 4.69) is 18.1 Å². The highest BCUT2D eigenvalue weighted by molar-refractivity contribution is 6.07. The summed E-state index contributed by atoms with van der Waals surface area (Å²) in [5.41, 5.74) is 0. The smallest absolute Gasteiger partial charge is 0.0682 e. The predicted molar refractivity (Wildman–Crippen MR) is 49.7 cm³/mol. The van der Waals surface area contributed by atoms with E-state index in [1.165, 1.54) is 25.7 Å². The summed E-state index contributed by atoms with van der Waals surface area (Å²) in [4.78, 5) is 0. The summed E-state index contributed by atoms with van der Waals surface area (Å²) in [5.74, 6) is 0.847. The van der Waals surface area contributed by atoms with Crippen molar-refractivity contribution >= 4 is 11.9 Å². The van der Waals surface area contributed by atoms with Gasteiger partial charge >= 0.3 is 0 Å². The highest BCUT2D eigenvalue weighted by atomic mass is 35.5. The second-order valence-corrected chi connectivity index (χ2v) is 3.63. The topological polar surface area (TPSA) is 9.23 Å². The largest absolute Gasteiger partial charge is 0.279 e. The van der Waals surface area contributed by atoms with E-state index in [0.29, 0.717) is 6.61 Å². The van der Waals surface area contributed by atoms with Crippen molar-refractivity contribution in [3.63, 3.8) is 0 Å². The maximum absolute atomic E-state index is 5.06. The molecule has 68 valence electrons. The van der Waals surface area contributed by atoms with Crippen molar-refractivity contribution in [3.05, 3.63) is 0 Å². The second-order valence-electron chi connectivity index (χ2n) is 3.41. The first-order valence-corrected chi connectivity index (χ1v) is 4.81. The summed E-state index contributed by atoms with van der Waals surface area (Å²) in [5, 5.41) is 0. The van der Waals surface area contributed by atoms with Gasteiger partial charge in [-0.1, -0.05) is 39.5 Å². The van der Waals surface area contributed by atoms with E-state index in [9.17, 15) is 0 Å². The summed E-state index contributed by atoms with van der Waals surface area (Å²) in [7, 11) is 0. The van der Waals surface area contributed by atoms with Gasteiger partial charge in [-0.05, 0) is 12.3 Å². The quantitative estimate of drug-likeness (QED) is 0.540. The van der Waals surface area contributed by atoms with Gasteiger partial charge in [-0.25, -0.2) is 0 Å². The van der Waals surface area contributed by atoms with Gasteiger partial charge in [-0.3, -0.25) is 4.29 Å². The molecule has 0 saturated heterocycles. The van der Waals surface area contributed by atoms with E-state index in [0.717, 1.165) is 12.3 Å². The Morgan fingerprint density at radius 2 is 1.73 bits per heavy atom. The van der Waals surface area contributed by atoms with Crippen LogP contribution < -0.4 is 0 Å². The fraction of sp³-hybridized carbons (Fsp3) is 1.00. The molecule has 0 amide bonds. The lowest BCUT2D eigenvalue weighted by Crippen LogP contribution is -1.88. The molecule has 0 unspecified atom stereocenters. The second kappa shape index (κ2) is 8.35. The minimum Gasteiger partial charge on any atom is -0.279 e. The molecule has 2 heteroatoms. The van der Waals surface area contributed by atoms with Crippen LogP contribution >= 0.6 is 11.9 Å². The van der Waals surface area contributed by atoms with Crippen molar-refractivity contribution in [2.75, 3.05) is 6.61 Å². The molecule has 0 bridgehead atoms. The molecule has 11 heavy (non-hydrogen) atoms. The molecular formula is C9H19ClO. The first kappa shape index (κ1) is 11.2. The standard InChI is InChI=1S/C9H19ClO/c1-9(2)7-5-3-4-6-8-11-10/h9H,3-8H2,1-2H3. The molecule has 0 rings (SSSR count). The highest BCUT2D eigenvalue weighted by Gasteiger charge is 1.93. The third kappa shape index (κ3) is 10.2. The van der Waals surface area contributed by atoms with Crippen molar-refractivity contribution in [2.24, 2.45) is 5.92 Å². The average molecular weight is 179 g/mol. The minimum absolute atomic E-state index is 0.698. The van der Waals surface area contributed by atoms with Crippen LogP contribution in [0.1, 0.15) is 46.0 Å². The van der Waals surface area contributed by atoms with Gasteiger partial charge in [0.15, 0.2) is 0 Å². The molecule has 0 heterocycles. The number of halogens is 1. The SMILES string of the molecule is CC(C)CCCCCCOCl. The number of unbranched alkanes of at least 4 members (excludes halogenated alkanes) is 3. The van der Waals surface area contributed by atoms with Crippen LogP contribution in [0.2, 0.25) is 0 Å². The van der Waals surface area contributed by atoms with Crippen LogP contribution in [-0.2, 0) is 4.29 Å². The molecule has 0 saturated carbocycles. The molecule has 0 fully saturated rings. The highest BCUT2D eigenvalue weighted by Crippen LogP contribution is 2.09. The number of hydrogen-bond acceptors (Lipinski definition) is 1. The predicted octanol–water partition coefficient (Wildman–Crippen LogP) is 3.76. The Hall–Kier alpha value is 0.250. The maximum atomic E-state index is 5.06. The molecule has 0 radical (unpaired) electrons. The molecule has 0 aliphatic carbocycles. The number of rotatable bonds is 7. The van der Waals surface area contributed by atoms with Gasteiger partial charge in [0.2, 0.25) is 0 Å². The van der Waals surface area contributed by atoms with Gasteiger partial charge in [0.25, 0.3) is 0 Å². The lowest BCUT2D eigenvalue weighted by atomic mass is 10.0. The molecule has 0 spiro atoms. The summed E-state index contributed by atoms with van der Waals surface area (Å²) < 4.78 is 4.44. The maximum Gasteiger partial charge on any atom is 0.0682 e. The van der Waals surface area contributed by atoms with Gasteiger partial charge in [0.05, 0.1) is 18.5 Å². The minimum atomic E-state index is 0.698. The molecule has 0 aromatic rings. The van der Waals surface area contributed by atoms with Gasteiger partial charge in [0.1, 0.15) is 0 Å². The Morgan fingerprint density at radius 3 is 2.27 bits per heavy atom. The van der Waals surface area contributed by atoms with Crippen LogP contribution in [0.15, 0.2) is 0 Å². The Labute approximate surface area is 75.2 Å². The Kier molecular flexibility index (Phi) is 8.54. The van der Waals surface area contributed by atoms with Gasteiger partial charge in [-0.2, -0.15) is 0 Å². The lowest BCUT2D eigenvalue weighted by Gasteiger charge is -2.02. The van der Waals surface area contributed by atoms with Crippen molar-refractivity contribution in [3.8, 4) is 0 Å². The fourth-order valence-electron chi connectivity index (χ4n) is 1.06. The Morgan fingerprint density at radius 1 is 1.09 bits per heavy atom. The van der Waals surface area contributed by atoms with Gasteiger partial charge in [0, 0.05) is 0 Å². The van der Waals surface area contributed by atoms with E-state index in [1.807, 2.05) is 0 Å². The molecule has 0 aromatic carbocycles. The zero-order chi connectivity index (χ0) is 8.53. The Bertz CT molecular complexity index is 74.0. The molecule has 0 atom stereocenters. The van der Waals surface area contributed by atoms with E-state index in [-0.39, 0.29) is 0 Å². The van der Waals surface area contributed by atoms with Crippen LogP contribution in [0.4, 0.5) is 0 Å². The van der Waals surface area contributed by atoms with Crippen molar-refractivity contribution < 1.29 is 4.29 Å². The first-order chi connectivity index (χ1) is 5.27. The van der Waals surface area contributed by atoms with Crippen LogP contribution in [0.3, 0.4) is 0 Å². The molecule has 0 aliphatic rings. The van der Waals surface area contributed by atoms with Crippen LogP contribution in [0.5, 0.6) is 0 Å². The average Bonchev–Trinajstić information content (AvgIpc) is 1.96. The third-order valence-corrected chi connectivity index (χ3v) is 1.91. The normalized spacial score (nSPS) is 10.9. The fourth-order valence-corrected chi connectivity index (χ4v) is 1.17. The van der Waals surface area contributed by atoms with Crippen molar-refractivity contribution in [1.82, 2.24) is 0 Å².